The van der Waals surface area contributed by atoms with E-state index in [1.807, 2.05) is 0 Å². The van der Waals surface area contributed by atoms with Gasteiger partial charge in [0.05, 0.1) is 12.5 Å². The molecule has 0 aliphatic carbocycles. The van der Waals surface area contributed by atoms with Crippen LogP contribution in [0.5, 0.6) is 0 Å². The standard InChI is InChI=1S/C18H19FN2O3/c1-12(22)21-14-8-6-13(7-9-14)10-18(24)20-11-17(23)15-4-2-3-5-16(15)19/h2-9,17,23H,10-11H2,1H3,(H,20,24)(H,21,22). The van der Waals surface area contributed by atoms with Gasteiger partial charge in [0.15, 0.2) is 0 Å². The summed E-state index contributed by atoms with van der Waals surface area (Å²) in [6.45, 7) is 1.35. The quantitative estimate of drug-likeness (QED) is 0.759. The van der Waals surface area contributed by atoms with E-state index < -0.39 is 11.9 Å². The summed E-state index contributed by atoms with van der Waals surface area (Å²) in [7, 11) is 0. The largest absolute Gasteiger partial charge is 0.386 e. The molecule has 0 spiro atoms. The molecule has 0 bridgehead atoms. The van der Waals surface area contributed by atoms with E-state index >= 15 is 0 Å². The first kappa shape index (κ1) is 17.6. The molecule has 2 rings (SSSR count). The van der Waals surface area contributed by atoms with Crippen molar-refractivity contribution in [1.29, 1.82) is 0 Å². The molecule has 0 saturated carbocycles. The molecule has 2 aromatic rings. The van der Waals surface area contributed by atoms with Crippen LogP contribution in [0, 0.1) is 5.82 Å². The number of hydrogen-bond acceptors (Lipinski definition) is 3. The van der Waals surface area contributed by atoms with Crippen molar-refractivity contribution in [1.82, 2.24) is 5.32 Å². The number of anilines is 1. The lowest BCUT2D eigenvalue weighted by Crippen LogP contribution is -2.30. The molecule has 0 aliphatic rings. The molecule has 24 heavy (non-hydrogen) atoms. The fraction of sp³-hybridized carbons (Fsp3) is 0.222. The number of carbonyl (C=O) groups excluding carboxylic acids is 2. The zero-order valence-electron chi connectivity index (χ0n) is 13.3. The Kier molecular flexibility index (Phi) is 6.03. The maximum Gasteiger partial charge on any atom is 0.224 e. The molecule has 0 saturated heterocycles. The number of nitrogens with one attached hydrogen (secondary N) is 2. The summed E-state index contributed by atoms with van der Waals surface area (Å²) in [4.78, 5) is 22.9. The van der Waals surface area contributed by atoms with Crippen LogP contribution >= 0.6 is 0 Å². The van der Waals surface area contributed by atoms with E-state index in [-0.39, 0.29) is 30.3 Å². The molecule has 0 aliphatic heterocycles. The maximum atomic E-state index is 13.5. The summed E-state index contributed by atoms with van der Waals surface area (Å²) < 4.78 is 13.5. The van der Waals surface area contributed by atoms with E-state index in [0.717, 1.165) is 5.56 Å². The van der Waals surface area contributed by atoms with Crippen molar-refractivity contribution in [3.63, 3.8) is 0 Å². The van der Waals surface area contributed by atoms with Crippen molar-refractivity contribution in [3.8, 4) is 0 Å². The first-order chi connectivity index (χ1) is 11.5. The number of aliphatic hydroxyl groups is 1. The second-order valence-corrected chi connectivity index (χ2v) is 5.40. The number of halogens is 1. The highest BCUT2D eigenvalue weighted by atomic mass is 19.1. The zero-order chi connectivity index (χ0) is 17.5. The van der Waals surface area contributed by atoms with Gasteiger partial charge in [0.2, 0.25) is 11.8 Å². The number of benzene rings is 2. The molecule has 126 valence electrons. The van der Waals surface area contributed by atoms with Crippen LogP contribution in [0.4, 0.5) is 10.1 Å². The monoisotopic (exact) mass is 330 g/mol. The molecule has 3 N–H and O–H groups in total. The lowest BCUT2D eigenvalue weighted by Gasteiger charge is -2.13. The molecule has 0 heterocycles. The molecule has 0 fully saturated rings. The van der Waals surface area contributed by atoms with Gasteiger partial charge in [-0.2, -0.15) is 0 Å². The molecule has 0 aromatic heterocycles. The van der Waals surface area contributed by atoms with Crippen LogP contribution in [-0.2, 0) is 16.0 Å². The van der Waals surface area contributed by atoms with Crippen LogP contribution in [0.25, 0.3) is 0 Å². The maximum absolute atomic E-state index is 13.5. The summed E-state index contributed by atoms with van der Waals surface area (Å²) in [5, 5.41) is 15.2. The van der Waals surface area contributed by atoms with Gasteiger partial charge in [-0.05, 0) is 23.8 Å². The van der Waals surface area contributed by atoms with Gasteiger partial charge < -0.3 is 15.7 Å². The molecule has 0 radical (unpaired) electrons. The molecular formula is C18H19FN2O3. The van der Waals surface area contributed by atoms with Gasteiger partial charge >= 0.3 is 0 Å². The van der Waals surface area contributed by atoms with Crippen molar-refractivity contribution in [3.05, 3.63) is 65.5 Å². The Bertz CT molecular complexity index is 716. The number of carbonyl (C=O) groups is 2. The van der Waals surface area contributed by atoms with Crippen LogP contribution in [-0.4, -0.2) is 23.5 Å². The van der Waals surface area contributed by atoms with Crippen LogP contribution in [0.2, 0.25) is 0 Å². The van der Waals surface area contributed by atoms with Gasteiger partial charge in [-0.3, -0.25) is 9.59 Å². The second-order valence-electron chi connectivity index (χ2n) is 5.40. The molecule has 5 nitrogen and oxygen atoms in total. The minimum absolute atomic E-state index is 0.0657. The number of rotatable bonds is 6. The Morgan fingerprint density at radius 1 is 1.12 bits per heavy atom. The number of amides is 2. The van der Waals surface area contributed by atoms with Crippen LogP contribution in [0.15, 0.2) is 48.5 Å². The Morgan fingerprint density at radius 3 is 2.42 bits per heavy atom. The van der Waals surface area contributed by atoms with E-state index in [1.54, 1.807) is 30.3 Å². The van der Waals surface area contributed by atoms with Gasteiger partial charge in [0, 0.05) is 24.7 Å². The summed E-state index contributed by atoms with van der Waals surface area (Å²) in [6, 6.07) is 12.8. The Hall–Kier alpha value is -2.73. The first-order valence-corrected chi connectivity index (χ1v) is 7.51. The van der Waals surface area contributed by atoms with Crippen LogP contribution in [0.1, 0.15) is 24.2 Å². The predicted octanol–water partition coefficient (Wildman–Crippen LogP) is 2.18. The lowest BCUT2D eigenvalue weighted by atomic mass is 10.1. The fourth-order valence-corrected chi connectivity index (χ4v) is 2.22. The van der Waals surface area contributed by atoms with Gasteiger partial charge in [-0.1, -0.05) is 30.3 Å². The van der Waals surface area contributed by atoms with E-state index in [9.17, 15) is 19.1 Å². The molecule has 1 atom stereocenters. The molecule has 6 heteroatoms. The number of hydrogen-bond donors (Lipinski definition) is 3. The van der Waals surface area contributed by atoms with E-state index in [4.69, 9.17) is 0 Å². The van der Waals surface area contributed by atoms with Crippen molar-refractivity contribution >= 4 is 17.5 Å². The highest BCUT2D eigenvalue weighted by Gasteiger charge is 2.13. The van der Waals surface area contributed by atoms with Gasteiger partial charge in [-0.15, -0.1) is 0 Å². The topological polar surface area (TPSA) is 78.4 Å². The van der Waals surface area contributed by atoms with E-state index in [0.29, 0.717) is 5.69 Å². The minimum atomic E-state index is -1.10. The van der Waals surface area contributed by atoms with Gasteiger partial charge in [0.1, 0.15) is 5.82 Å². The van der Waals surface area contributed by atoms with Crippen molar-refractivity contribution in [2.45, 2.75) is 19.4 Å². The third-order valence-electron chi connectivity index (χ3n) is 3.40. The summed E-state index contributed by atoms with van der Waals surface area (Å²) in [5.41, 5.74) is 1.57. The number of aliphatic hydroxyl groups excluding tert-OH is 1. The second kappa shape index (κ2) is 8.21. The highest BCUT2D eigenvalue weighted by Crippen LogP contribution is 2.15. The Balaban J connectivity index is 1.85. The normalized spacial score (nSPS) is 11.6. The summed E-state index contributed by atoms with van der Waals surface area (Å²) in [5.74, 6) is -0.951. The first-order valence-electron chi connectivity index (χ1n) is 7.51. The Labute approximate surface area is 139 Å². The molecule has 1 unspecified atom stereocenters. The average Bonchev–Trinajstić information content (AvgIpc) is 2.54. The van der Waals surface area contributed by atoms with Crippen molar-refractivity contribution in [2.75, 3.05) is 11.9 Å². The molecular weight excluding hydrogens is 311 g/mol. The summed E-state index contributed by atoms with van der Waals surface area (Å²) in [6.07, 6.45) is -0.970. The Morgan fingerprint density at radius 2 is 1.79 bits per heavy atom. The lowest BCUT2D eigenvalue weighted by molar-refractivity contribution is -0.121. The van der Waals surface area contributed by atoms with Crippen LogP contribution < -0.4 is 10.6 Å². The molecule has 2 amide bonds. The average molecular weight is 330 g/mol. The van der Waals surface area contributed by atoms with Crippen LogP contribution in [0.3, 0.4) is 0 Å². The van der Waals surface area contributed by atoms with E-state index in [2.05, 4.69) is 10.6 Å². The third kappa shape index (κ3) is 5.17. The minimum Gasteiger partial charge on any atom is -0.386 e. The van der Waals surface area contributed by atoms with Gasteiger partial charge in [-0.25, -0.2) is 4.39 Å². The van der Waals surface area contributed by atoms with Crippen molar-refractivity contribution < 1.29 is 19.1 Å². The molecule has 2 aromatic carbocycles. The van der Waals surface area contributed by atoms with Gasteiger partial charge in [0.25, 0.3) is 0 Å². The smallest absolute Gasteiger partial charge is 0.224 e. The zero-order valence-corrected chi connectivity index (χ0v) is 13.3. The predicted molar refractivity (Wildman–Crippen MR) is 88.8 cm³/mol. The van der Waals surface area contributed by atoms with Crippen molar-refractivity contribution in [2.24, 2.45) is 0 Å². The summed E-state index contributed by atoms with van der Waals surface area (Å²) >= 11 is 0. The SMILES string of the molecule is CC(=O)Nc1ccc(CC(=O)NCC(O)c2ccccc2F)cc1. The van der Waals surface area contributed by atoms with E-state index in [1.165, 1.54) is 25.1 Å². The third-order valence-corrected chi connectivity index (χ3v) is 3.40. The highest BCUT2D eigenvalue weighted by molar-refractivity contribution is 5.88. The fourth-order valence-electron chi connectivity index (χ4n) is 2.22.